The summed E-state index contributed by atoms with van der Waals surface area (Å²) >= 11 is 1.60. The third kappa shape index (κ3) is 3.97. The van der Waals surface area contributed by atoms with E-state index in [2.05, 4.69) is 19.9 Å². The maximum atomic E-state index is 12.2. The molecule has 0 saturated carbocycles. The van der Waals surface area contributed by atoms with E-state index in [0.717, 1.165) is 44.0 Å². The van der Waals surface area contributed by atoms with Crippen LogP contribution in [-0.4, -0.2) is 51.6 Å². The average Bonchev–Trinajstić information content (AvgIpc) is 3.25. The Labute approximate surface area is 140 Å². The lowest BCUT2D eigenvalue weighted by Crippen LogP contribution is -2.41. The van der Waals surface area contributed by atoms with Gasteiger partial charge in [-0.3, -0.25) is 4.79 Å². The van der Waals surface area contributed by atoms with Crippen LogP contribution in [0.4, 0.5) is 0 Å². The summed E-state index contributed by atoms with van der Waals surface area (Å²) < 4.78 is 7.40. The number of thiazole rings is 1. The summed E-state index contributed by atoms with van der Waals surface area (Å²) in [7, 11) is 0. The average molecular weight is 334 g/mol. The Morgan fingerprint density at radius 1 is 1.48 bits per heavy atom. The van der Waals surface area contributed by atoms with E-state index in [9.17, 15) is 4.79 Å². The Balaban J connectivity index is 1.67. The zero-order chi connectivity index (χ0) is 16.1. The van der Waals surface area contributed by atoms with E-state index in [-0.39, 0.29) is 18.4 Å². The zero-order valence-corrected chi connectivity index (χ0v) is 14.2. The lowest BCUT2D eigenvalue weighted by atomic mass is 9.97. The molecule has 0 radical (unpaired) electrons. The predicted molar refractivity (Wildman–Crippen MR) is 88.5 cm³/mol. The number of piperidine rings is 1. The first kappa shape index (κ1) is 16.1. The van der Waals surface area contributed by atoms with Crippen LogP contribution in [0.15, 0.2) is 23.3 Å². The van der Waals surface area contributed by atoms with Crippen LogP contribution < -0.4 is 0 Å². The smallest absolute Gasteiger partial charge is 0.248 e. The highest BCUT2D eigenvalue weighted by Gasteiger charge is 2.27. The van der Waals surface area contributed by atoms with Crippen molar-refractivity contribution in [3.8, 4) is 0 Å². The quantitative estimate of drug-likeness (QED) is 0.812. The topological polar surface area (TPSA) is 60.2 Å². The minimum absolute atomic E-state index is 0.0779. The third-order valence-corrected chi connectivity index (χ3v) is 4.77. The van der Waals surface area contributed by atoms with Crippen molar-refractivity contribution in [2.75, 3.05) is 26.3 Å². The fourth-order valence-electron chi connectivity index (χ4n) is 3.00. The van der Waals surface area contributed by atoms with Gasteiger partial charge in [-0.1, -0.05) is 0 Å². The van der Waals surface area contributed by atoms with Gasteiger partial charge in [-0.2, -0.15) is 0 Å². The molecule has 1 unspecified atom stereocenters. The number of likely N-dealkylation sites (tertiary alicyclic amines) is 1. The van der Waals surface area contributed by atoms with E-state index in [1.807, 2.05) is 29.7 Å². The van der Waals surface area contributed by atoms with Crippen molar-refractivity contribution in [1.82, 2.24) is 19.4 Å². The van der Waals surface area contributed by atoms with E-state index in [4.69, 9.17) is 4.74 Å². The summed E-state index contributed by atoms with van der Waals surface area (Å²) in [5, 5.41) is 2.06. The zero-order valence-electron chi connectivity index (χ0n) is 13.4. The highest BCUT2D eigenvalue weighted by molar-refractivity contribution is 7.07. The Kier molecular flexibility index (Phi) is 5.40. The van der Waals surface area contributed by atoms with Gasteiger partial charge >= 0.3 is 0 Å². The van der Waals surface area contributed by atoms with Gasteiger partial charge in [0.05, 0.1) is 17.7 Å². The van der Waals surface area contributed by atoms with Gasteiger partial charge in [0.25, 0.3) is 0 Å². The van der Waals surface area contributed by atoms with E-state index in [1.54, 1.807) is 11.3 Å². The first-order chi connectivity index (χ1) is 11.3. The van der Waals surface area contributed by atoms with Crippen molar-refractivity contribution in [3.63, 3.8) is 0 Å². The Morgan fingerprint density at radius 3 is 3.17 bits per heavy atom. The highest BCUT2D eigenvalue weighted by Crippen LogP contribution is 2.26. The standard InChI is InChI=1S/C16H22N4O2S/c1-2-22-10-15(21)19-6-3-4-13(8-19)16-17-5-7-20(16)9-14-11-23-12-18-14/h5,7,11-13H,2-4,6,8-10H2,1H3. The minimum Gasteiger partial charge on any atom is -0.372 e. The summed E-state index contributed by atoms with van der Waals surface area (Å²) in [6.07, 6.45) is 5.90. The number of hydrogen-bond acceptors (Lipinski definition) is 5. The lowest BCUT2D eigenvalue weighted by Gasteiger charge is -2.32. The van der Waals surface area contributed by atoms with Crippen LogP contribution in [0.5, 0.6) is 0 Å². The summed E-state index contributed by atoms with van der Waals surface area (Å²) in [6.45, 7) is 4.93. The first-order valence-electron chi connectivity index (χ1n) is 8.01. The maximum absolute atomic E-state index is 12.2. The van der Waals surface area contributed by atoms with Crippen LogP contribution in [-0.2, 0) is 16.1 Å². The van der Waals surface area contributed by atoms with Crippen molar-refractivity contribution in [1.29, 1.82) is 0 Å². The predicted octanol–water partition coefficient (Wildman–Crippen LogP) is 2.13. The van der Waals surface area contributed by atoms with Gasteiger partial charge in [0.2, 0.25) is 5.91 Å². The minimum atomic E-state index is 0.0779. The molecule has 0 spiro atoms. The maximum Gasteiger partial charge on any atom is 0.248 e. The molecule has 2 aromatic rings. The molecule has 2 aromatic heterocycles. The molecule has 0 bridgehead atoms. The van der Waals surface area contributed by atoms with Gasteiger partial charge in [0.15, 0.2) is 0 Å². The number of rotatable bonds is 6. The van der Waals surface area contributed by atoms with Gasteiger partial charge in [0.1, 0.15) is 12.4 Å². The molecule has 7 heteroatoms. The molecule has 124 valence electrons. The molecule has 23 heavy (non-hydrogen) atoms. The Morgan fingerprint density at radius 2 is 2.39 bits per heavy atom. The number of carbonyl (C=O) groups excluding carboxylic acids is 1. The van der Waals surface area contributed by atoms with E-state index in [1.165, 1.54) is 0 Å². The van der Waals surface area contributed by atoms with Crippen LogP contribution >= 0.6 is 11.3 Å². The summed E-state index contributed by atoms with van der Waals surface area (Å²) in [6, 6.07) is 0. The summed E-state index contributed by atoms with van der Waals surface area (Å²) in [5.74, 6) is 1.41. The van der Waals surface area contributed by atoms with Crippen LogP contribution in [0.2, 0.25) is 0 Å². The molecule has 0 aliphatic carbocycles. The number of amides is 1. The molecule has 1 atom stereocenters. The molecular formula is C16H22N4O2S. The molecule has 1 saturated heterocycles. The normalized spacial score (nSPS) is 18.3. The molecule has 6 nitrogen and oxygen atoms in total. The van der Waals surface area contributed by atoms with Gasteiger partial charge in [0, 0.05) is 43.4 Å². The van der Waals surface area contributed by atoms with Crippen molar-refractivity contribution >= 4 is 17.2 Å². The van der Waals surface area contributed by atoms with E-state index in [0.29, 0.717) is 6.61 Å². The van der Waals surface area contributed by atoms with Crippen LogP contribution in [0.25, 0.3) is 0 Å². The molecule has 0 N–H and O–H groups in total. The van der Waals surface area contributed by atoms with Gasteiger partial charge in [-0.25, -0.2) is 9.97 Å². The van der Waals surface area contributed by atoms with Crippen molar-refractivity contribution in [2.24, 2.45) is 0 Å². The SMILES string of the molecule is CCOCC(=O)N1CCCC(c2nccn2Cc2cscn2)C1. The fraction of sp³-hybridized carbons (Fsp3) is 0.562. The first-order valence-corrected chi connectivity index (χ1v) is 8.95. The third-order valence-electron chi connectivity index (χ3n) is 4.13. The van der Waals surface area contributed by atoms with Gasteiger partial charge in [-0.05, 0) is 19.8 Å². The summed E-state index contributed by atoms with van der Waals surface area (Å²) in [5.41, 5.74) is 2.90. The van der Waals surface area contributed by atoms with Crippen LogP contribution in [0.1, 0.15) is 37.2 Å². The molecule has 0 aromatic carbocycles. The van der Waals surface area contributed by atoms with Crippen molar-refractivity contribution in [2.45, 2.75) is 32.2 Å². The molecule has 1 aliphatic rings. The van der Waals surface area contributed by atoms with Gasteiger partial charge in [-0.15, -0.1) is 11.3 Å². The number of carbonyl (C=O) groups is 1. The second-order valence-corrected chi connectivity index (χ2v) is 6.43. The second-order valence-electron chi connectivity index (χ2n) is 5.71. The Bertz CT molecular complexity index is 626. The number of ether oxygens (including phenoxy) is 1. The van der Waals surface area contributed by atoms with Crippen molar-refractivity contribution < 1.29 is 9.53 Å². The molecule has 1 amide bonds. The number of hydrogen-bond donors (Lipinski definition) is 0. The largest absolute Gasteiger partial charge is 0.372 e. The monoisotopic (exact) mass is 334 g/mol. The molecule has 3 rings (SSSR count). The van der Waals surface area contributed by atoms with Crippen LogP contribution in [0.3, 0.4) is 0 Å². The molecule has 3 heterocycles. The lowest BCUT2D eigenvalue weighted by molar-refractivity contribution is -0.137. The van der Waals surface area contributed by atoms with Crippen molar-refractivity contribution in [3.05, 3.63) is 34.8 Å². The van der Waals surface area contributed by atoms with Crippen LogP contribution in [0, 0.1) is 0 Å². The number of nitrogens with zero attached hydrogens (tertiary/aromatic N) is 4. The van der Waals surface area contributed by atoms with Gasteiger partial charge < -0.3 is 14.2 Å². The molecule has 1 aliphatic heterocycles. The Hall–Kier alpha value is -1.73. The van der Waals surface area contributed by atoms with E-state index >= 15 is 0 Å². The summed E-state index contributed by atoms with van der Waals surface area (Å²) in [4.78, 5) is 23.0. The fourth-order valence-corrected chi connectivity index (χ4v) is 3.55. The number of imidazole rings is 1. The second kappa shape index (κ2) is 7.70. The highest BCUT2D eigenvalue weighted by atomic mass is 32.1. The number of aromatic nitrogens is 3. The molecule has 1 fully saturated rings. The molecular weight excluding hydrogens is 312 g/mol. The van der Waals surface area contributed by atoms with E-state index < -0.39 is 0 Å².